The Morgan fingerprint density at radius 2 is 1.48 bits per heavy atom. The van der Waals surface area contributed by atoms with E-state index in [1.54, 1.807) is 48.5 Å². The summed E-state index contributed by atoms with van der Waals surface area (Å²) in [5.41, 5.74) is 0.131. The monoisotopic (exact) mass is 548 g/mol. The highest BCUT2D eigenvalue weighted by molar-refractivity contribution is 5.98. The van der Waals surface area contributed by atoms with Crippen LogP contribution in [0.15, 0.2) is 91.1 Å². The Morgan fingerprint density at radius 3 is 2.17 bits per heavy atom. The lowest BCUT2D eigenvalue weighted by molar-refractivity contribution is -0.141. The van der Waals surface area contributed by atoms with Gasteiger partial charge in [0, 0.05) is 23.7 Å². The molecule has 0 saturated carbocycles. The van der Waals surface area contributed by atoms with Crippen LogP contribution in [0.2, 0.25) is 0 Å². The Kier molecular flexibility index (Phi) is 6.90. The summed E-state index contributed by atoms with van der Waals surface area (Å²) >= 11 is 0. The molecule has 2 aromatic heterocycles. The van der Waals surface area contributed by atoms with Crippen LogP contribution < -0.4 is 5.32 Å². The fourth-order valence-corrected chi connectivity index (χ4v) is 4.41. The standard InChI is InChI=1S/C30H18F6N4/c31-29(32,33)24-7-3-1-5-21(24)28-23(16-37)27(22-6-2-4-8-25(22)40-28)39-17-18-9-11-19(12-10-18)20-13-14-38-26(15-20)30(34,35)36/h1-15H,17H2,(H,39,40). The van der Waals surface area contributed by atoms with E-state index in [1.165, 1.54) is 24.3 Å². The SMILES string of the molecule is N#Cc1c(-c2ccccc2C(F)(F)F)nc2ccccc2c1NCc1ccc(-c2ccnc(C(F)(F)F)c2)cc1. The van der Waals surface area contributed by atoms with Gasteiger partial charge in [0.05, 0.1) is 22.5 Å². The molecule has 0 aliphatic heterocycles. The predicted octanol–water partition coefficient (Wildman–Crippen LogP) is 8.49. The van der Waals surface area contributed by atoms with Crippen molar-refractivity contribution >= 4 is 16.6 Å². The normalized spacial score (nSPS) is 11.8. The average Bonchev–Trinajstić information content (AvgIpc) is 2.95. The smallest absolute Gasteiger partial charge is 0.379 e. The molecule has 0 atom stereocenters. The first-order valence-electron chi connectivity index (χ1n) is 11.9. The molecule has 0 bridgehead atoms. The van der Waals surface area contributed by atoms with Crippen molar-refractivity contribution in [1.82, 2.24) is 9.97 Å². The van der Waals surface area contributed by atoms with E-state index in [0.717, 1.165) is 23.9 Å². The van der Waals surface area contributed by atoms with Gasteiger partial charge in [-0.3, -0.25) is 4.98 Å². The predicted molar refractivity (Wildman–Crippen MR) is 139 cm³/mol. The number of halogens is 6. The van der Waals surface area contributed by atoms with Crippen LogP contribution in [0.1, 0.15) is 22.4 Å². The molecule has 3 aromatic carbocycles. The summed E-state index contributed by atoms with van der Waals surface area (Å²) in [7, 11) is 0. The van der Waals surface area contributed by atoms with Crippen LogP contribution in [0, 0.1) is 11.3 Å². The molecule has 200 valence electrons. The third-order valence-electron chi connectivity index (χ3n) is 6.30. The zero-order valence-electron chi connectivity index (χ0n) is 20.5. The molecule has 4 nitrogen and oxygen atoms in total. The second-order valence-corrected chi connectivity index (χ2v) is 8.86. The van der Waals surface area contributed by atoms with Gasteiger partial charge in [-0.2, -0.15) is 31.6 Å². The van der Waals surface area contributed by atoms with Crippen LogP contribution in [0.3, 0.4) is 0 Å². The van der Waals surface area contributed by atoms with Crippen molar-refractivity contribution < 1.29 is 26.3 Å². The number of nitriles is 1. The number of aromatic nitrogens is 2. The zero-order valence-corrected chi connectivity index (χ0v) is 20.5. The average molecular weight is 548 g/mol. The molecule has 0 radical (unpaired) electrons. The van der Waals surface area contributed by atoms with Gasteiger partial charge in [0.15, 0.2) is 0 Å². The third-order valence-corrected chi connectivity index (χ3v) is 6.30. The molecule has 0 spiro atoms. The molecule has 0 unspecified atom stereocenters. The summed E-state index contributed by atoms with van der Waals surface area (Å²) in [4.78, 5) is 7.80. The Balaban J connectivity index is 1.51. The molecule has 0 fully saturated rings. The van der Waals surface area contributed by atoms with Gasteiger partial charge in [0.2, 0.25) is 0 Å². The third kappa shape index (κ3) is 5.31. The first-order chi connectivity index (χ1) is 19.1. The van der Waals surface area contributed by atoms with Crippen LogP contribution in [0.5, 0.6) is 0 Å². The lowest BCUT2D eigenvalue weighted by Gasteiger charge is -2.18. The van der Waals surface area contributed by atoms with E-state index in [-0.39, 0.29) is 23.4 Å². The van der Waals surface area contributed by atoms with Crippen molar-refractivity contribution in [1.29, 1.82) is 5.26 Å². The van der Waals surface area contributed by atoms with Gasteiger partial charge < -0.3 is 5.32 Å². The molecule has 10 heteroatoms. The molecule has 5 aromatic rings. The fourth-order valence-electron chi connectivity index (χ4n) is 4.41. The summed E-state index contributed by atoms with van der Waals surface area (Å²) in [5, 5.41) is 13.8. The van der Waals surface area contributed by atoms with E-state index in [1.807, 2.05) is 6.07 Å². The minimum absolute atomic E-state index is 0.0384. The maximum absolute atomic E-state index is 13.8. The maximum atomic E-state index is 13.8. The van der Waals surface area contributed by atoms with Crippen molar-refractivity contribution in [2.24, 2.45) is 0 Å². The number of anilines is 1. The summed E-state index contributed by atoms with van der Waals surface area (Å²) in [5.74, 6) is 0. The van der Waals surface area contributed by atoms with Gasteiger partial charge in [-0.25, -0.2) is 4.98 Å². The van der Waals surface area contributed by atoms with Crippen molar-refractivity contribution in [3.8, 4) is 28.5 Å². The number of benzene rings is 3. The largest absolute Gasteiger partial charge is 0.433 e. The molecule has 2 heterocycles. The summed E-state index contributed by atoms with van der Waals surface area (Å²) in [6, 6.07) is 23.0. The number of nitrogens with one attached hydrogen (secondary N) is 1. The van der Waals surface area contributed by atoms with Crippen molar-refractivity contribution in [3.63, 3.8) is 0 Å². The van der Waals surface area contributed by atoms with E-state index >= 15 is 0 Å². The van der Waals surface area contributed by atoms with Crippen LogP contribution in [0.4, 0.5) is 32.0 Å². The number of fused-ring (bicyclic) bond motifs is 1. The highest BCUT2D eigenvalue weighted by atomic mass is 19.4. The van der Waals surface area contributed by atoms with Crippen LogP contribution in [0.25, 0.3) is 33.3 Å². The molecule has 0 amide bonds. The van der Waals surface area contributed by atoms with E-state index in [0.29, 0.717) is 27.7 Å². The van der Waals surface area contributed by atoms with Gasteiger partial charge in [-0.15, -0.1) is 0 Å². The van der Waals surface area contributed by atoms with Gasteiger partial charge >= 0.3 is 12.4 Å². The number of para-hydroxylation sites is 1. The van der Waals surface area contributed by atoms with E-state index < -0.39 is 23.6 Å². The lowest BCUT2D eigenvalue weighted by atomic mass is 9.97. The second kappa shape index (κ2) is 10.3. The number of nitrogens with zero attached hydrogens (tertiary/aromatic N) is 3. The topological polar surface area (TPSA) is 61.6 Å². The number of hydrogen-bond acceptors (Lipinski definition) is 4. The van der Waals surface area contributed by atoms with Crippen molar-refractivity contribution in [2.75, 3.05) is 5.32 Å². The van der Waals surface area contributed by atoms with Crippen LogP contribution in [-0.4, -0.2) is 9.97 Å². The van der Waals surface area contributed by atoms with Gasteiger partial charge in [-0.05, 0) is 41.0 Å². The second-order valence-electron chi connectivity index (χ2n) is 8.86. The number of alkyl halides is 6. The molecule has 40 heavy (non-hydrogen) atoms. The molecule has 5 rings (SSSR count). The summed E-state index contributed by atoms with van der Waals surface area (Å²) in [6.07, 6.45) is -8.12. The number of pyridine rings is 2. The molecule has 0 aliphatic carbocycles. The van der Waals surface area contributed by atoms with Crippen molar-refractivity contribution in [3.05, 3.63) is 114 Å². The zero-order chi connectivity index (χ0) is 28.5. The molecule has 0 saturated heterocycles. The molecule has 0 aliphatic rings. The Hall–Kier alpha value is -4.91. The Bertz CT molecular complexity index is 1740. The Morgan fingerprint density at radius 1 is 0.775 bits per heavy atom. The minimum atomic E-state index is -4.65. The maximum Gasteiger partial charge on any atom is 0.433 e. The first-order valence-corrected chi connectivity index (χ1v) is 11.9. The lowest BCUT2D eigenvalue weighted by Crippen LogP contribution is -2.09. The highest BCUT2D eigenvalue weighted by Crippen LogP contribution is 2.40. The van der Waals surface area contributed by atoms with Gasteiger partial charge in [0.25, 0.3) is 0 Å². The van der Waals surface area contributed by atoms with E-state index in [4.69, 9.17) is 0 Å². The van der Waals surface area contributed by atoms with E-state index in [9.17, 15) is 31.6 Å². The van der Waals surface area contributed by atoms with Crippen LogP contribution in [-0.2, 0) is 18.9 Å². The number of hydrogen-bond donors (Lipinski definition) is 1. The quantitative estimate of drug-likeness (QED) is 0.224. The minimum Gasteiger partial charge on any atom is -0.379 e. The summed E-state index contributed by atoms with van der Waals surface area (Å²) < 4.78 is 80.5. The summed E-state index contributed by atoms with van der Waals surface area (Å²) in [6.45, 7) is 0.188. The molecular formula is C30H18F6N4. The van der Waals surface area contributed by atoms with Gasteiger partial charge in [-0.1, -0.05) is 60.7 Å². The molecular weight excluding hydrogens is 530 g/mol. The molecule has 1 N–H and O–H groups in total. The van der Waals surface area contributed by atoms with Gasteiger partial charge in [0.1, 0.15) is 17.3 Å². The first kappa shape index (κ1) is 26.7. The highest BCUT2D eigenvalue weighted by Gasteiger charge is 2.35. The fraction of sp³-hybridized carbons (Fsp3) is 0.100. The Labute approximate surface area is 224 Å². The number of rotatable bonds is 5. The van der Waals surface area contributed by atoms with E-state index in [2.05, 4.69) is 15.3 Å². The van der Waals surface area contributed by atoms with Crippen molar-refractivity contribution in [2.45, 2.75) is 18.9 Å². The van der Waals surface area contributed by atoms with Crippen LogP contribution >= 0.6 is 0 Å².